The van der Waals surface area contributed by atoms with Gasteiger partial charge in [0.15, 0.2) is 0 Å². The van der Waals surface area contributed by atoms with E-state index in [4.69, 9.17) is 15.7 Å². The molecule has 0 saturated carbocycles. The predicted octanol–water partition coefficient (Wildman–Crippen LogP) is 3.86. The van der Waals surface area contributed by atoms with Gasteiger partial charge >= 0.3 is 0 Å². The maximum atomic E-state index is 6.36. The molecule has 0 amide bonds. The van der Waals surface area contributed by atoms with Crippen molar-refractivity contribution in [2.45, 2.75) is 45.2 Å². The van der Waals surface area contributed by atoms with Crippen LogP contribution in [0, 0.1) is 6.92 Å². The van der Waals surface area contributed by atoms with E-state index in [1.165, 1.54) is 5.56 Å². The van der Waals surface area contributed by atoms with Crippen molar-refractivity contribution < 1.29 is 0 Å². The van der Waals surface area contributed by atoms with Gasteiger partial charge in [-0.1, -0.05) is 52.0 Å². The molecule has 0 bridgehead atoms. The number of hydrogen-bond acceptors (Lipinski definition) is 1. The summed E-state index contributed by atoms with van der Waals surface area (Å²) in [6, 6.07) is 10.3. The maximum absolute atomic E-state index is 6.36. The number of hydrogen-bond donors (Lipinski definition) is 0. The topological polar surface area (TPSA) is 12.9 Å². The number of pyridine rings is 1. The van der Waals surface area contributed by atoms with Crippen molar-refractivity contribution in [1.82, 2.24) is 4.98 Å². The molecule has 0 aliphatic heterocycles. The second-order valence-electron chi connectivity index (χ2n) is 6.87. The fourth-order valence-electron chi connectivity index (χ4n) is 2.51. The quantitative estimate of drug-likeness (QED) is 0.773. The molecular formula is C18H21B2N. The van der Waals surface area contributed by atoms with E-state index in [0.29, 0.717) is 0 Å². The molecule has 1 aromatic carbocycles. The zero-order valence-corrected chi connectivity index (χ0v) is 13.6. The molecule has 0 aliphatic carbocycles. The summed E-state index contributed by atoms with van der Waals surface area (Å²) >= 11 is 0. The Kier molecular flexibility index (Phi) is 4.06. The Morgan fingerprint density at radius 2 is 1.48 bits per heavy atom. The van der Waals surface area contributed by atoms with Gasteiger partial charge in [0.25, 0.3) is 0 Å². The van der Waals surface area contributed by atoms with Crippen molar-refractivity contribution in [3.05, 3.63) is 53.2 Å². The number of aromatic nitrogens is 1. The number of benzene rings is 1. The molecule has 0 unspecified atom stereocenters. The largest absolute Gasteiger partial charge is 0.256 e. The molecule has 3 heteroatoms. The van der Waals surface area contributed by atoms with Crippen LogP contribution in [0.5, 0.6) is 0 Å². The summed E-state index contributed by atoms with van der Waals surface area (Å²) in [6.07, 6.45) is 1.87. The van der Waals surface area contributed by atoms with Gasteiger partial charge in [0.2, 0.25) is 0 Å². The molecule has 1 heterocycles. The van der Waals surface area contributed by atoms with Crippen molar-refractivity contribution in [1.29, 1.82) is 0 Å². The summed E-state index contributed by atoms with van der Waals surface area (Å²) in [5.74, 6) is 0. The van der Waals surface area contributed by atoms with E-state index in [-0.39, 0.29) is 0 Å². The highest BCUT2D eigenvalue weighted by atomic mass is 14.7. The lowest BCUT2D eigenvalue weighted by molar-refractivity contribution is 0.687. The molecule has 2 rings (SSSR count). The lowest BCUT2D eigenvalue weighted by Gasteiger charge is -2.31. The number of rotatable bonds is 3. The first-order valence-corrected chi connectivity index (χ1v) is 7.25. The van der Waals surface area contributed by atoms with E-state index in [2.05, 4.69) is 30.1 Å². The highest BCUT2D eigenvalue weighted by Gasteiger charge is 2.25. The Bertz CT molecular complexity index is 649. The van der Waals surface area contributed by atoms with Crippen LogP contribution in [0.2, 0.25) is 0 Å². The second-order valence-corrected chi connectivity index (χ2v) is 6.87. The van der Waals surface area contributed by atoms with Gasteiger partial charge < -0.3 is 0 Å². The van der Waals surface area contributed by atoms with Crippen LogP contribution in [-0.4, -0.2) is 20.7 Å². The van der Waals surface area contributed by atoms with Crippen LogP contribution in [0.15, 0.2) is 36.5 Å². The molecule has 0 aliphatic rings. The molecule has 2 aromatic rings. The van der Waals surface area contributed by atoms with E-state index in [9.17, 15) is 0 Å². The van der Waals surface area contributed by atoms with Gasteiger partial charge in [0, 0.05) is 11.8 Å². The van der Waals surface area contributed by atoms with E-state index in [1.54, 1.807) is 0 Å². The first-order valence-electron chi connectivity index (χ1n) is 7.25. The first kappa shape index (κ1) is 15.9. The first-order chi connectivity index (χ1) is 9.60. The van der Waals surface area contributed by atoms with E-state index in [0.717, 1.165) is 22.4 Å². The second kappa shape index (κ2) is 5.36. The van der Waals surface area contributed by atoms with Crippen LogP contribution in [-0.2, 0) is 10.6 Å². The zero-order valence-electron chi connectivity index (χ0n) is 13.6. The van der Waals surface area contributed by atoms with Crippen LogP contribution in [0.4, 0.5) is 0 Å². The lowest BCUT2D eigenvalue weighted by Crippen LogP contribution is -2.27. The lowest BCUT2D eigenvalue weighted by atomic mass is 9.59. The molecule has 0 atom stereocenters. The summed E-state index contributed by atoms with van der Waals surface area (Å²) in [7, 11) is 12.6. The average Bonchev–Trinajstić information content (AvgIpc) is 2.36. The highest BCUT2D eigenvalue weighted by molar-refractivity contribution is 6.17. The van der Waals surface area contributed by atoms with Gasteiger partial charge in [0.05, 0.1) is 21.4 Å². The van der Waals surface area contributed by atoms with Gasteiger partial charge in [-0.15, -0.1) is 0 Å². The van der Waals surface area contributed by atoms with Gasteiger partial charge in [-0.05, 0) is 40.3 Å². The number of aryl methyl sites for hydroxylation is 1. The monoisotopic (exact) mass is 273 g/mol. The summed E-state index contributed by atoms with van der Waals surface area (Å²) in [5, 5.41) is -0.935. The summed E-state index contributed by atoms with van der Waals surface area (Å²) < 4.78 is 0. The fourth-order valence-corrected chi connectivity index (χ4v) is 2.51. The van der Waals surface area contributed by atoms with E-state index >= 15 is 0 Å². The van der Waals surface area contributed by atoms with Crippen LogP contribution in [0.25, 0.3) is 11.3 Å². The molecule has 104 valence electrons. The molecule has 0 saturated heterocycles. The molecular weight excluding hydrogens is 252 g/mol. The van der Waals surface area contributed by atoms with E-state index < -0.39 is 10.6 Å². The van der Waals surface area contributed by atoms with Crippen molar-refractivity contribution >= 4 is 15.7 Å². The van der Waals surface area contributed by atoms with E-state index in [1.807, 2.05) is 46.0 Å². The van der Waals surface area contributed by atoms with Crippen molar-refractivity contribution in [2.24, 2.45) is 0 Å². The SMILES string of the molecule is [B]C(C)(C)c1cnc(-c2ccccc2C)cc1C([B])(C)C. The van der Waals surface area contributed by atoms with Gasteiger partial charge in [-0.3, -0.25) is 4.98 Å². The molecule has 21 heavy (non-hydrogen) atoms. The smallest absolute Gasteiger partial charge is 0.0803 e. The van der Waals surface area contributed by atoms with Crippen molar-refractivity contribution in [2.75, 3.05) is 0 Å². The molecule has 1 nitrogen and oxygen atoms in total. The van der Waals surface area contributed by atoms with Crippen molar-refractivity contribution in [3.8, 4) is 11.3 Å². The Morgan fingerprint density at radius 1 is 0.905 bits per heavy atom. The normalized spacial score (nSPS) is 12.4. The zero-order chi connectivity index (χ0) is 15.8. The summed E-state index contributed by atoms with van der Waals surface area (Å²) in [4.78, 5) is 4.61. The molecule has 0 fully saturated rings. The third-order valence-electron chi connectivity index (χ3n) is 3.71. The van der Waals surface area contributed by atoms with Crippen LogP contribution >= 0.6 is 0 Å². The summed E-state index contributed by atoms with van der Waals surface area (Å²) in [6.45, 7) is 10.0. The average molecular weight is 273 g/mol. The van der Waals surface area contributed by atoms with Gasteiger partial charge in [-0.25, -0.2) is 0 Å². The Labute approximate surface area is 131 Å². The third-order valence-corrected chi connectivity index (χ3v) is 3.71. The Morgan fingerprint density at radius 3 is 2.00 bits per heavy atom. The molecule has 0 N–H and O–H groups in total. The minimum Gasteiger partial charge on any atom is -0.256 e. The Balaban J connectivity index is 2.66. The molecule has 1 aromatic heterocycles. The fraction of sp³-hybridized carbons (Fsp3) is 0.389. The van der Waals surface area contributed by atoms with Gasteiger partial charge in [0.1, 0.15) is 0 Å². The number of nitrogens with zero attached hydrogens (tertiary/aromatic N) is 1. The maximum Gasteiger partial charge on any atom is 0.0803 e. The predicted molar refractivity (Wildman–Crippen MR) is 92.0 cm³/mol. The minimum atomic E-state index is -0.469. The standard InChI is InChI=1S/C18H21B2N/c1-12-8-6-7-9-13(12)16-10-14(17(2,3)19)15(11-21-16)18(4,5)20/h6-11H,1-5H3. The third kappa shape index (κ3) is 3.40. The molecule has 0 spiro atoms. The summed E-state index contributed by atoms with van der Waals surface area (Å²) in [5.41, 5.74) is 5.31. The minimum absolute atomic E-state index is 0.466. The Hall–Kier alpha value is -1.50. The van der Waals surface area contributed by atoms with Gasteiger partial charge in [-0.2, -0.15) is 0 Å². The highest BCUT2D eigenvalue weighted by Crippen LogP contribution is 2.33. The van der Waals surface area contributed by atoms with Crippen LogP contribution in [0.3, 0.4) is 0 Å². The van der Waals surface area contributed by atoms with Crippen LogP contribution in [0.1, 0.15) is 44.4 Å². The van der Waals surface area contributed by atoms with Crippen molar-refractivity contribution in [3.63, 3.8) is 0 Å². The molecule has 4 radical (unpaired) electrons. The van der Waals surface area contributed by atoms with Crippen LogP contribution < -0.4 is 0 Å².